The normalized spacial score (nSPS) is 13.7. The summed E-state index contributed by atoms with van der Waals surface area (Å²) in [5, 5.41) is 16.7. The number of nitrogens with one attached hydrogen (secondary N) is 1. The van der Waals surface area contributed by atoms with Crippen LogP contribution in [0.5, 0.6) is 5.75 Å². The van der Waals surface area contributed by atoms with E-state index >= 15 is 0 Å². The molecule has 2 heterocycles. The molecule has 1 amide bonds. The van der Waals surface area contributed by atoms with Gasteiger partial charge in [-0.25, -0.2) is 4.79 Å². The zero-order valence-corrected chi connectivity index (χ0v) is 20.7. The molecule has 0 aliphatic carbocycles. The molecule has 2 aromatic carbocycles. The van der Waals surface area contributed by atoms with Crippen LogP contribution in [0.15, 0.2) is 48.5 Å². The summed E-state index contributed by atoms with van der Waals surface area (Å²) in [5.74, 6) is -0.754. The second-order valence-electron chi connectivity index (χ2n) is 9.48. The molecule has 0 saturated carbocycles. The highest BCUT2D eigenvalue weighted by Gasteiger charge is 2.29. The van der Waals surface area contributed by atoms with Gasteiger partial charge in [0, 0.05) is 37.9 Å². The van der Waals surface area contributed by atoms with Crippen LogP contribution in [-0.4, -0.2) is 45.5 Å². The minimum absolute atomic E-state index is 0.218. The van der Waals surface area contributed by atoms with Crippen LogP contribution >= 0.6 is 0 Å². The summed E-state index contributed by atoms with van der Waals surface area (Å²) >= 11 is 0. The van der Waals surface area contributed by atoms with Crippen molar-refractivity contribution in [2.24, 2.45) is 7.05 Å². The van der Waals surface area contributed by atoms with Gasteiger partial charge in [0.25, 0.3) is 5.91 Å². The number of hydrogen-bond acceptors (Lipinski definition) is 5. The summed E-state index contributed by atoms with van der Waals surface area (Å²) in [6.45, 7) is 7.39. The molecule has 35 heavy (non-hydrogen) atoms. The number of aryl methyl sites for hydroxylation is 2. The van der Waals surface area contributed by atoms with Crippen molar-refractivity contribution < 1.29 is 19.4 Å². The third-order valence-electron chi connectivity index (χ3n) is 6.32. The maximum Gasteiger partial charge on any atom is 0.347 e. The third kappa shape index (κ3) is 5.48. The van der Waals surface area contributed by atoms with Crippen molar-refractivity contribution in [1.82, 2.24) is 15.1 Å². The smallest absolute Gasteiger partial charge is 0.347 e. The first-order valence-corrected chi connectivity index (χ1v) is 11.8. The van der Waals surface area contributed by atoms with Crippen molar-refractivity contribution in [3.8, 4) is 17.0 Å². The highest BCUT2D eigenvalue weighted by atomic mass is 16.5. The Bertz CT molecular complexity index is 1220. The molecule has 4 rings (SSSR count). The first-order valence-electron chi connectivity index (χ1n) is 11.8. The topological polar surface area (TPSA) is 96.7 Å². The first kappa shape index (κ1) is 24.3. The lowest BCUT2D eigenvalue weighted by atomic mass is 10.1. The third-order valence-corrected chi connectivity index (χ3v) is 6.32. The molecule has 0 unspecified atom stereocenters. The van der Waals surface area contributed by atoms with Gasteiger partial charge in [0.15, 0.2) is 5.60 Å². The van der Waals surface area contributed by atoms with Gasteiger partial charge in [0.2, 0.25) is 0 Å². The summed E-state index contributed by atoms with van der Waals surface area (Å²) in [6.07, 6.45) is 2.47. The fraction of sp³-hybridized carbons (Fsp3) is 0.370. The number of benzene rings is 2. The Morgan fingerprint density at radius 2 is 1.77 bits per heavy atom. The quantitative estimate of drug-likeness (QED) is 0.507. The minimum atomic E-state index is -1.33. The van der Waals surface area contributed by atoms with E-state index in [0.717, 1.165) is 35.5 Å². The number of carboxylic acids is 1. The lowest BCUT2D eigenvalue weighted by Crippen LogP contribution is -2.38. The molecule has 0 radical (unpaired) electrons. The van der Waals surface area contributed by atoms with E-state index in [-0.39, 0.29) is 5.91 Å². The maximum absolute atomic E-state index is 12.9. The summed E-state index contributed by atoms with van der Waals surface area (Å²) in [7, 11) is 1.76. The maximum atomic E-state index is 12.9. The molecule has 2 N–H and O–H groups in total. The fourth-order valence-electron chi connectivity index (χ4n) is 4.17. The Labute approximate surface area is 205 Å². The summed E-state index contributed by atoms with van der Waals surface area (Å²) in [6, 6.07) is 15.6. The van der Waals surface area contributed by atoms with Crippen LogP contribution in [0.3, 0.4) is 0 Å². The van der Waals surface area contributed by atoms with Gasteiger partial charge >= 0.3 is 5.97 Å². The minimum Gasteiger partial charge on any atom is -0.478 e. The first-order chi connectivity index (χ1) is 16.6. The summed E-state index contributed by atoms with van der Waals surface area (Å²) in [5.41, 5.74) is 3.78. The number of hydrogen-bond donors (Lipinski definition) is 2. The zero-order valence-electron chi connectivity index (χ0n) is 20.7. The monoisotopic (exact) mass is 476 g/mol. The molecular weight excluding hydrogens is 444 g/mol. The van der Waals surface area contributed by atoms with E-state index in [9.17, 15) is 14.7 Å². The predicted octanol–water partition coefficient (Wildman–Crippen LogP) is 4.17. The van der Waals surface area contributed by atoms with Crippen molar-refractivity contribution >= 4 is 17.6 Å². The Balaban J connectivity index is 1.40. The van der Waals surface area contributed by atoms with Crippen LogP contribution in [0.1, 0.15) is 48.3 Å². The van der Waals surface area contributed by atoms with Gasteiger partial charge in [-0.2, -0.15) is 5.10 Å². The van der Waals surface area contributed by atoms with Gasteiger partial charge in [-0.1, -0.05) is 24.3 Å². The predicted molar refractivity (Wildman–Crippen MR) is 135 cm³/mol. The molecule has 1 aromatic heterocycles. The lowest BCUT2D eigenvalue weighted by molar-refractivity contribution is -0.152. The second kappa shape index (κ2) is 9.82. The van der Waals surface area contributed by atoms with Crippen molar-refractivity contribution in [2.45, 2.75) is 45.8 Å². The molecule has 1 aliphatic heterocycles. The van der Waals surface area contributed by atoms with E-state index in [1.54, 1.807) is 23.9 Å². The zero-order chi connectivity index (χ0) is 25.2. The number of ether oxygens (including phenoxy) is 1. The summed E-state index contributed by atoms with van der Waals surface area (Å²) in [4.78, 5) is 26.6. The van der Waals surface area contributed by atoms with Crippen molar-refractivity contribution in [3.63, 3.8) is 0 Å². The molecular formula is C27H32N4O4. The molecule has 1 saturated heterocycles. The molecule has 0 spiro atoms. The number of aromatic nitrogens is 2. The van der Waals surface area contributed by atoms with Gasteiger partial charge in [0.1, 0.15) is 11.4 Å². The molecule has 8 heteroatoms. The Morgan fingerprint density at radius 1 is 1.09 bits per heavy atom. The number of carbonyl (C=O) groups is 2. The number of carbonyl (C=O) groups excluding carboxylic acids is 1. The molecule has 3 aromatic rings. The van der Waals surface area contributed by atoms with Gasteiger partial charge in [0.05, 0.1) is 5.69 Å². The number of carboxylic acid groups (broad SMARTS) is 1. The van der Waals surface area contributed by atoms with Crippen LogP contribution in [0.4, 0.5) is 5.69 Å². The summed E-state index contributed by atoms with van der Waals surface area (Å²) < 4.78 is 7.23. The molecule has 8 nitrogen and oxygen atoms in total. The van der Waals surface area contributed by atoms with Crippen LogP contribution in [0.2, 0.25) is 0 Å². The molecule has 1 aliphatic rings. The fourth-order valence-corrected chi connectivity index (χ4v) is 4.17. The van der Waals surface area contributed by atoms with E-state index in [0.29, 0.717) is 18.0 Å². The van der Waals surface area contributed by atoms with Crippen LogP contribution < -0.4 is 15.0 Å². The van der Waals surface area contributed by atoms with Crippen LogP contribution in [0.25, 0.3) is 11.3 Å². The molecule has 1 fully saturated rings. The lowest BCUT2D eigenvalue weighted by Gasteiger charge is -2.23. The van der Waals surface area contributed by atoms with E-state index in [1.165, 1.54) is 32.4 Å². The van der Waals surface area contributed by atoms with E-state index in [4.69, 9.17) is 4.74 Å². The molecule has 184 valence electrons. The van der Waals surface area contributed by atoms with E-state index < -0.39 is 11.6 Å². The average Bonchev–Trinajstić information content (AvgIpc) is 3.49. The van der Waals surface area contributed by atoms with Gasteiger partial charge in [-0.15, -0.1) is 0 Å². The van der Waals surface area contributed by atoms with E-state index in [1.807, 2.05) is 19.1 Å². The SMILES string of the molecule is Cc1cc(CNC(=O)c2cc(-c3ccc(N4CCCC4)cc3)nn2C)ccc1OC(C)(C)C(=O)O. The van der Waals surface area contributed by atoms with Crippen molar-refractivity contribution in [3.05, 3.63) is 65.4 Å². The van der Waals surface area contributed by atoms with E-state index in [2.05, 4.69) is 39.6 Å². The van der Waals surface area contributed by atoms with Crippen LogP contribution in [-0.2, 0) is 18.4 Å². The Hall–Kier alpha value is -3.81. The number of nitrogens with zero attached hydrogens (tertiary/aromatic N) is 3. The Kier molecular flexibility index (Phi) is 6.82. The number of rotatable bonds is 8. The molecule has 0 bridgehead atoms. The molecule has 0 atom stereocenters. The van der Waals surface area contributed by atoms with Gasteiger partial charge in [-0.3, -0.25) is 9.48 Å². The van der Waals surface area contributed by atoms with Crippen LogP contribution in [0, 0.1) is 6.92 Å². The van der Waals surface area contributed by atoms with Gasteiger partial charge in [-0.05, 0) is 69.0 Å². The van der Waals surface area contributed by atoms with Gasteiger partial charge < -0.3 is 20.1 Å². The number of anilines is 1. The largest absolute Gasteiger partial charge is 0.478 e. The highest BCUT2D eigenvalue weighted by molar-refractivity contribution is 5.93. The van der Waals surface area contributed by atoms with Crippen molar-refractivity contribution in [2.75, 3.05) is 18.0 Å². The second-order valence-corrected chi connectivity index (χ2v) is 9.48. The number of aliphatic carboxylic acids is 1. The average molecular weight is 477 g/mol. The standard InChI is InChI=1S/C27H32N4O4/c1-18-15-19(7-12-24(18)35-27(2,3)26(33)34)17-28-25(32)23-16-22(29-30(23)4)20-8-10-21(11-9-20)31-13-5-6-14-31/h7-12,15-16H,5-6,13-14,17H2,1-4H3,(H,28,32)(H,33,34). The highest BCUT2D eigenvalue weighted by Crippen LogP contribution is 2.26. The number of amides is 1. The Morgan fingerprint density at radius 3 is 2.40 bits per heavy atom. The van der Waals surface area contributed by atoms with Crippen molar-refractivity contribution in [1.29, 1.82) is 0 Å².